The third-order valence-corrected chi connectivity index (χ3v) is 8.31. The van der Waals surface area contributed by atoms with Crippen molar-refractivity contribution in [3.63, 3.8) is 0 Å². The van der Waals surface area contributed by atoms with E-state index < -0.39 is 0 Å². The van der Waals surface area contributed by atoms with Gasteiger partial charge in [-0.05, 0) is 51.6 Å². The number of furan rings is 1. The molecule has 3 heteroatoms. The average Bonchev–Trinajstić information content (AvgIpc) is 3.42. The van der Waals surface area contributed by atoms with Gasteiger partial charge in [0.2, 0.25) is 0 Å². The number of rotatable bonds is 2. The van der Waals surface area contributed by atoms with Crippen LogP contribution in [0.15, 0.2) is 138 Å². The van der Waals surface area contributed by atoms with Gasteiger partial charge in [0, 0.05) is 38.7 Å². The minimum absolute atomic E-state index is 0.911. The van der Waals surface area contributed by atoms with Gasteiger partial charge in [-0.2, -0.15) is 0 Å². The number of hydrogen-bond acceptors (Lipinski definition) is 3. The number of hydrogen-bond donors (Lipinski definition) is 0. The van der Waals surface area contributed by atoms with Crippen LogP contribution in [0.2, 0.25) is 0 Å². The van der Waals surface area contributed by atoms with Crippen molar-refractivity contribution < 1.29 is 4.42 Å². The van der Waals surface area contributed by atoms with Gasteiger partial charge in [0.05, 0.1) is 16.7 Å². The predicted octanol–water partition coefficient (Wildman–Crippen LogP) is 10.3. The van der Waals surface area contributed by atoms with Crippen molar-refractivity contribution >= 4 is 65.3 Å². The molecule has 41 heavy (non-hydrogen) atoms. The fourth-order valence-electron chi connectivity index (χ4n) is 6.40. The Kier molecular flexibility index (Phi) is 4.61. The molecular formula is C38H22N2O. The minimum Gasteiger partial charge on any atom is -0.455 e. The molecule has 0 amide bonds. The molecule has 0 saturated heterocycles. The molecule has 9 aromatic rings. The van der Waals surface area contributed by atoms with Gasteiger partial charge < -0.3 is 4.42 Å². The maximum absolute atomic E-state index is 6.37. The van der Waals surface area contributed by atoms with Gasteiger partial charge in [-0.3, -0.25) is 4.98 Å². The standard InChI is InChI=1S/C38H22N2O/c1-2-10-26-25(9-1)28(18-19-29(26)34-20-17-24-16-15-23-8-7-21-39-36(23)37(24)40-34)32-22-33-30-12-5-6-14-35(30)41-38(33)31-13-4-3-11-27(31)32/h1-22H. The first-order valence-corrected chi connectivity index (χ1v) is 13.8. The van der Waals surface area contributed by atoms with E-state index in [2.05, 4.69) is 114 Å². The van der Waals surface area contributed by atoms with Crippen LogP contribution in [-0.2, 0) is 0 Å². The predicted molar refractivity (Wildman–Crippen MR) is 170 cm³/mol. The zero-order valence-electron chi connectivity index (χ0n) is 22.0. The minimum atomic E-state index is 0.911. The monoisotopic (exact) mass is 522 g/mol. The molecule has 6 aromatic carbocycles. The fourth-order valence-corrected chi connectivity index (χ4v) is 6.40. The lowest BCUT2D eigenvalue weighted by Crippen LogP contribution is -1.91. The van der Waals surface area contributed by atoms with E-state index in [1.54, 1.807) is 0 Å². The summed E-state index contributed by atoms with van der Waals surface area (Å²) >= 11 is 0. The van der Waals surface area contributed by atoms with Crippen molar-refractivity contribution in [2.75, 3.05) is 0 Å². The fraction of sp³-hybridized carbons (Fsp3) is 0. The Morgan fingerprint density at radius 1 is 0.439 bits per heavy atom. The maximum Gasteiger partial charge on any atom is 0.143 e. The van der Waals surface area contributed by atoms with Crippen molar-refractivity contribution in [2.24, 2.45) is 0 Å². The smallest absolute Gasteiger partial charge is 0.143 e. The molecule has 0 bridgehead atoms. The van der Waals surface area contributed by atoms with Crippen molar-refractivity contribution in [2.45, 2.75) is 0 Å². The quantitative estimate of drug-likeness (QED) is 0.212. The maximum atomic E-state index is 6.37. The summed E-state index contributed by atoms with van der Waals surface area (Å²) in [7, 11) is 0. The van der Waals surface area contributed by atoms with Crippen LogP contribution in [0, 0.1) is 0 Å². The lowest BCUT2D eigenvalue weighted by Gasteiger charge is -2.14. The summed E-state index contributed by atoms with van der Waals surface area (Å²) in [6.07, 6.45) is 1.84. The highest BCUT2D eigenvalue weighted by molar-refractivity contribution is 6.21. The second-order valence-corrected chi connectivity index (χ2v) is 10.6. The highest BCUT2D eigenvalue weighted by Gasteiger charge is 2.17. The average molecular weight is 523 g/mol. The third kappa shape index (κ3) is 3.26. The lowest BCUT2D eigenvalue weighted by atomic mass is 9.90. The van der Waals surface area contributed by atoms with E-state index in [1.807, 2.05) is 24.4 Å². The summed E-state index contributed by atoms with van der Waals surface area (Å²) in [6.45, 7) is 0. The van der Waals surface area contributed by atoms with Crippen LogP contribution in [-0.4, -0.2) is 9.97 Å². The van der Waals surface area contributed by atoms with Crippen molar-refractivity contribution in [1.82, 2.24) is 9.97 Å². The Bertz CT molecular complexity index is 2490. The molecule has 0 radical (unpaired) electrons. The van der Waals surface area contributed by atoms with Crippen LogP contribution in [0.4, 0.5) is 0 Å². The molecule has 0 aliphatic carbocycles. The van der Waals surface area contributed by atoms with E-state index in [0.717, 1.165) is 60.4 Å². The highest BCUT2D eigenvalue weighted by atomic mass is 16.3. The second kappa shape index (κ2) is 8.48. The Morgan fingerprint density at radius 2 is 1.07 bits per heavy atom. The van der Waals surface area contributed by atoms with Gasteiger partial charge in [-0.25, -0.2) is 4.98 Å². The van der Waals surface area contributed by atoms with Gasteiger partial charge >= 0.3 is 0 Å². The molecular weight excluding hydrogens is 500 g/mol. The zero-order chi connectivity index (χ0) is 26.9. The molecule has 0 fully saturated rings. The highest BCUT2D eigenvalue weighted by Crippen LogP contribution is 2.43. The van der Waals surface area contributed by atoms with Crippen molar-refractivity contribution in [3.05, 3.63) is 134 Å². The summed E-state index contributed by atoms with van der Waals surface area (Å²) in [5.41, 5.74) is 8.15. The molecule has 0 atom stereocenters. The summed E-state index contributed by atoms with van der Waals surface area (Å²) in [5, 5.41) is 9.13. The Balaban J connectivity index is 1.33. The van der Waals surface area contributed by atoms with Crippen LogP contribution in [0.3, 0.4) is 0 Å². The lowest BCUT2D eigenvalue weighted by molar-refractivity contribution is 0.672. The first-order chi connectivity index (χ1) is 20.3. The van der Waals surface area contributed by atoms with Gasteiger partial charge in [-0.1, -0.05) is 103 Å². The molecule has 3 aromatic heterocycles. The molecule has 0 spiro atoms. The Morgan fingerprint density at radius 3 is 1.90 bits per heavy atom. The molecule has 3 heterocycles. The van der Waals surface area contributed by atoms with Gasteiger partial charge in [-0.15, -0.1) is 0 Å². The topological polar surface area (TPSA) is 38.9 Å². The number of aromatic nitrogens is 2. The zero-order valence-corrected chi connectivity index (χ0v) is 22.0. The molecule has 0 aliphatic rings. The van der Waals surface area contributed by atoms with E-state index in [0.29, 0.717) is 0 Å². The van der Waals surface area contributed by atoms with Crippen molar-refractivity contribution in [1.29, 1.82) is 0 Å². The van der Waals surface area contributed by atoms with Crippen LogP contribution in [0.1, 0.15) is 0 Å². The van der Waals surface area contributed by atoms with Gasteiger partial charge in [0.25, 0.3) is 0 Å². The molecule has 190 valence electrons. The SMILES string of the molecule is c1cnc2c(c1)ccc1ccc(-c3ccc(-c4cc5c6ccccc6oc5c5ccccc45)c4ccccc34)nc12. The number of benzene rings is 6. The van der Waals surface area contributed by atoms with Crippen LogP contribution < -0.4 is 0 Å². The van der Waals surface area contributed by atoms with Crippen LogP contribution in [0.25, 0.3) is 87.7 Å². The van der Waals surface area contributed by atoms with E-state index >= 15 is 0 Å². The molecule has 0 saturated carbocycles. The normalized spacial score (nSPS) is 11.9. The second-order valence-electron chi connectivity index (χ2n) is 10.6. The third-order valence-electron chi connectivity index (χ3n) is 8.31. The first-order valence-electron chi connectivity index (χ1n) is 13.8. The van der Waals surface area contributed by atoms with Gasteiger partial charge in [0.1, 0.15) is 11.2 Å². The number of pyridine rings is 2. The summed E-state index contributed by atoms with van der Waals surface area (Å²) < 4.78 is 6.37. The van der Waals surface area contributed by atoms with Gasteiger partial charge in [0.15, 0.2) is 0 Å². The van der Waals surface area contributed by atoms with E-state index in [9.17, 15) is 0 Å². The summed E-state index contributed by atoms with van der Waals surface area (Å²) in [6, 6.07) is 44.8. The Hall–Kier alpha value is -5.54. The first kappa shape index (κ1) is 22.3. The number of fused-ring (bicyclic) bond motifs is 9. The summed E-state index contributed by atoms with van der Waals surface area (Å²) in [4.78, 5) is 9.83. The summed E-state index contributed by atoms with van der Waals surface area (Å²) in [5.74, 6) is 0. The van der Waals surface area contributed by atoms with E-state index in [-0.39, 0.29) is 0 Å². The molecule has 3 nitrogen and oxygen atoms in total. The van der Waals surface area contributed by atoms with Crippen LogP contribution >= 0.6 is 0 Å². The van der Waals surface area contributed by atoms with Crippen LogP contribution in [0.5, 0.6) is 0 Å². The molecule has 0 N–H and O–H groups in total. The molecule has 9 rings (SSSR count). The number of para-hydroxylation sites is 1. The van der Waals surface area contributed by atoms with E-state index in [4.69, 9.17) is 9.40 Å². The van der Waals surface area contributed by atoms with Crippen molar-refractivity contribution in [3.8, 4) is 22.4 Å². The van der Waals surface area contributed by atoms with E-state index in [1.165, 1.54) is 27.3 Å². The number of nitrogens with zero attached hydrogens (tertiary/aromatic N) is 2. The largest absolute Gasteiger partial charge is 0.455 e. The molecule has 0 unspecified atom stereocenters. The Labute approximate surface area is 235 Å². The molecule has 0 aliphatic heterocycles.